The molecule has 0 unspecified atom stereocenters. The summed E-state index contributed by atoms with van der Waals surface area (Å²) in [4.78, 5) is 27.3. The second-order valence-corrected chi connectivity index (χ2v) is 6.32. The predicted octanol–water partition coefficient (Wildman–Crippen LogP) is 0.791. The number of carbonyl (C=O) groups is 2. The van der Waals surface area contributed by atoms with Gasteiger partial charge in [0.05, 0.1) is 25.3 Å². The van der Waals surface area contributed by atoms with Gasteiger partial charge in [-0.25, -0.2) is 0 Å². The van der Waals surface area contributed by atoms with Crippen LogP contribution in [0.3, 0.4) is 0 Å². The molecule has 1 atom stereocenters. The number of hydrogen-bond donors (Lipinski definition) is 1. The molecule has 1 aliphatic heterocycles. The maximum atomic E-state index is 12.5. The smallest absolute Gasteiger partial charge is 0.248 e. The average molecular weight is 334 g/mol. The summed E-state index contributed by atoms with van der Waals surface area (Å²) in [5, 5.41) is 9.12. The molecule has 2 amide bonds. The number of nitrogens with zero attached hydrogens (tertiary/aromatic N) is 3. The van der Waals surface area contributed by atoms with Gasteiger partial charge in [-0.2, -0.15) is 5.10 Å². The lowest BCUT2D eigenvalue weighted by molar-refractivity contribution is -0.139. The number of methoxy groups -OCH3 is 1. The van der Waals surface area contributed by atoms with Gasteiger partial charge in [-0.3, -0.25) is 14.3 Å². The van der Waals surface area contributed by atoms with Crippen LogP contribution in [0.2, 0.25) is 0 Å². The van der Waals surface area contributed by atoms with Gasteiger partial charge in [0.1, 0.15) is 12.6 Å². The third-order valence-corrected chi connectivity index (χ3v) is 4.61. The van der Waals surface area contributed by atoms with Gasteiger partial charge in [-0.15, -0.1) is 11.3 Å². The zero-order chi connectivity index (χ0) is 16.2. The van der Waals surface area contributed by atoms with E-state index >= 15 is 0 Å². The van der Waals surface area contributed by atoms with E-state index < -0.39 is 6.04 Å². The van der Waals surface area contributed by atoms with Crippen LogP contribution in [-0.2, 0) is 27.4 Å². The maximum absolute atomic E-state index is 12.5. The van der Waals surface area contributed by atoms with Crippen molar-refractivity contribution in [1.82, 2.24) is 20.0 Å². The molecular weight excluding hydrogens is 316 g/mol. The Labute approximate surface area is 137 Å². The first kappa shape index (κ1) is 15.7. The molecule has 1 N–H and O–H groups in total. The Morgan fingerprint density at radius 3 is 3.09 bits per heavy atom. The number of carbonyl (C=O) groups excluding carboxylic acids is 2. The van der Waals surface area contributed by atoms with E-state index in [1.165, 1.54) is 7.11 Å². The highest BCUT2D eigenvalue weighted by Gasteiger charge is 2.32. The standard InChI is InChI=1S/C15H18N4O3S/c1-22-10-14(20)18-8-11-4-5-17-19(11)13(9-18)15(21)16-7-12-3-2-6-23-12/h2-6,13H,7-10H2,1H3,(H,16,21)/t13-/m0/s1. The Bertz CT molecular complexity index is 683. The number of aromatic nitrogens is 2. The van der Waals surface area contributed by atoms with E-state index in [9.17, 15) is 9.59 Å². The summed E-state index contributed by atoms with van der Waals surface area (Å²) in [7, 11) is 1.48. The molecule has 0 aromatic carbocycles. The van der Waals surface area contributed by atoms with Crippen molar-refractivity contribution in [3.63, 3.8) is 0 Å². The molecule has 0 saturated carbocycles. The summed E-state index contributed by atoms with van der Waals surface area (Å²) >= 11 is 1.59. The van der Waals surface area contributed by atoms with Gasteiger partial charge >= 0.3 is 0 Å². The number of hydrogen-bond acceptors (Lipinski definition) is 5. The predicted molar refractivity (Wildman–Crippen MR) is 84.7 cm³/mol. The van der Waals surface area contributed by atoms with Gasteiger partial charge in [-0.05, 0) is 17.5 Å². The molecular formula is C15H18N4O3S. The third-order valence-electron chi connectivity index (χ3n) is 3.73. The van der Waals surface area contributed by atoms with E-state index in [1.807, 2.05) is 23.6 Å². The van der Waals surface area contributed by atoms with Crippen LogP contribution in [0.1, 0.15) is 16.6 Å². The number of rotatable bonds is 5. The first-order valence-corrected chi connectivity index (χ1v) is 8.16. The number of amides is 2. The molecule has 0 saturated heterocycles. The van der Waals surface area contributed by atoms with Gasteiger partial charge < -0.3 is 15.0 Å². The second kappa shape index (κ2) is 6.93. The molecule has 2 aromatic rings. The van der Waals surface area contributed by atoms with Crippen molar-refractivity contribution in [3.8, 4) is 0 Å². The lowest BCUT2D eigenvalue weighted by Gasteiger charge is -2.33. The van der Waals surface area contributed by atoms with E-state index in [2.05, 4.69) is 10.4 Å². The molecule has 0 radical (unpaired) electrons. The Morgan fingerprint density at radius 1 is 1.48 bits per heavy atom. The number of nitrogens with one attached hydrogen (secondary N) is 1. The van der Waals surface area contributed by atoms with Crippen LogP contribution in [0.25, 0.3) is 0 Å². The summed E-state index contributed by atoms with van der Waals surface area (Å²) in [6.07, 6.45) is 1.65. The SMILES string of the molecule is COCC(=O)N1Cc2ccnn2[C@H](C(=O)NCc2cccs2)C1. The maximum Gasteiger partial charge on any atom is 0.248 e. The summed E-state index contributed by atoms with van der Waals surface area (Å²) in [6.45, 7) is 1.23. The van der Waals surface area contributed by atoms with Gasteiger partial charge in [0, 0.05) is 18.2 Å². The third kappa shape index (κ3) is 3.43. The fourth-order valence-electron chi connectivity index (χ4n) is 2.60. The molecule has 3 heterocycles. The Kier molecular flexibility index (Phi) is 4.73. The fourth-order valence-corrected chi connectivity index (χ4v) is 3.24. The van der Waals surface area contributed by atoms with Crippen LogP contribution >= 0.6 is 11.3 Å². The van der Waals surface area contributed by atoms with Crippen LogP contribution < -0.4 is 5.32 Å². The normalized spacial score (nSPS) is 16.9. The highest BCUT2D eigenvalue weighted by atomic mass is 32.1. The van der Waals surface area contributed by atoms with E-state index in [4.69, 9.17) is 4.74 Å². The first-order chi connectivity index (χ1) is 11.2. The highest BCUT2D eigenvalue weighted by molar-refractivity contribution is 7.09. The molecule has 0 bridgehead atoms. The monoisotopic (exact) mass is 334 g/mol. The van der Waals surface area contributed by atoms with Crippen LogP contribution in [0.5, 0.6) is 0 Å². The van der Waals surface area contributed by atoms with Crippen LogP contribution in [0.4, 0.5) is 0 Å². The number of ether oxygens (including phenoxy) is 1. The molecule has 0 spiro atoms. The van der Waals surface area contributed by atoms with E-state index in [1.54, 1.807) is 27.1 Å². The lowest BCUT2D eigenvalue weighted by Crippen LogP contribution is -2.47. The Balaban J connectivity index is 1.72. The largest absolute Gasteiger partial charge is 0.375 e. The lowest BCUT2D eigenvalue weighted by atomic mass is 10.1. The van der Waals surface area contributed by atoms with Crippen molar-refractivity contribution in [2.24, 2.45) is 0 Å². The van der Waals surface area contributed by atoms with Crippen molar-refractivity contribution in [3.05, 3.63) is 40.3 Å². The zero-order valence-corrected chi connectivity index (χ0v) is 13.6. The molecule has 122 valence electrons. The van der Waals surface area contributed by atoms with E-state index in [0.717, 1.165) is 10.6 Å². The summed E-state index contributed by atoms with van der Waals surface area (Å²) in [5.74, 6) is -0.269. The molecule has 8 heteroatoms. The molecule has 0 aliphatic carbocycles. The van der Waals surface area contributed by atoms with Crippen molar-refractivity contribution < 1.29 is 14.3 Å². The minimum Gasteiger partial charge on any atom is -0.375 e. The van der Waals surface area contributed by atoms with E-state index in [0.29, 0.717) is 19.6 Å². The van der Waals surface area contributed by atoms with Gasteiger partial charge in [0.25, 0.3) is 0 Å². The van der Waals surface area contributed by atoms with E-state index in [-0.39, 0.29) is 18.4 Å². The molecule has 2 aromatic heterocycles. The fraction of sp³-hybridized carbons (Fsp3) is 0.400. The van der Waals surface area contributed by atoms with Crippen molar-refractivity contribution in [2.75, 3.05) is 20.3 Å². The molecule has 0 fully saturated rings. The summed E-state index contributed by atoms with van der Waals surface area (Å²) in [6, 6.07) is 5.23. The number of thiophene rings is 1. The van der Waals surface area contributed by atoms with Gasteiger partial charge in [0.2, 0.25) is 11.8 Å². The van der Waals surface area contributed by atoms with Gasteiger partial charge in [-0.1, -0.05) is 6.07 Å². The minimum atomic E-state index is -0.519. The van der Waals surface area contributed by atoms with Crippen LogP contribution in [0, 0.1) is 0 Å². The van der Waals surface area contributed by atoms with Crippen LogP contribution in [-0.4, -0.2) is 46.8 Å². The summed E-state index contributed by atoms with van der Waals surface area (Å²) in [5.41, 5.74) is 0.844. The molecule has 7 nitrogen and oxygen atoms in total. The average Bonchev–Trinajstić information content (AvgIpc) is 3.22. The number of fused-ring (bicyclic) bond motifs is 1. The van der Waals surface area contributed by atoms with Crippen molar-refractivity contribution >= 4 is 23.2 Å². The molecule has 23 heavy (non-hydrogen) atoms. The van der Waals surface area contributed by atoms with Crippen LogP contribution in [0.15, 0.2) is 29.8 Å². The topological polar surface area (TPSA) is 76.5 Å². The first-order valence-electron chi connectivity index (χ1n) is 7.28. The summed E-state index contributed by atoms with van der Waals surface area (Å²) < 4.78 is 6.60. The van der Waals surface area contributed by atoms with Crippen molar-refractivity contribution in [1.29, 1.82) is 0 Å². The Morgan fingerprint density at radius 2 is 2.35 bits per heavy atom. The van der Waals surface area contributed by atoms with Crippen molar-refractivity contribution in [2.45, 2.75) is 19.1 Å². The molecule has 3 rings (SSSR count). The highest BCUT2D eigenvalue weighted by Crippen LogP contribution is 2.21. The zero-order valence-electron chi connectivity index (χ0n) is 12.8. The minimum absolute atomic E-state index is 0.0116. The Hall–Kier alpha value is -2.19. The molecule has 1 aliphatic rings. The van der Waals surface area contributed by atoms with Gasteiger partial charge in [0.15, 0.2) is 0 Å². The second-order valence-electron chi connectivity index (χ2n) is 5.29. The quantitative estimate of drug-likeness (QED) is 0.877.